The number of aromatic nitrogens is 3. The fourth-order valence-electron chi connectivity index (χ4n) is 2.52. The van der Waals surface area contributed by atoms with Gasteiger partial charge in [0.05, 0.1) is 17.5 Å². The molecule has 8 heteroatoms. The lowest BCUT2D eigenvalue weighted by atomic mass is 10.3. The van der Waals surface area contributed by atoms with Crippen molar-refractivity contribution in [3.05, 3.63) is 65.1 Å². The standard InChI is InChI=1S/C17H11FN4O2S/c18-11-5-1-2-6-12(11)21-13(23)8-22-9-20-14-10-4-3-7-19-16(10)25-15(14)17(22)24/h1-7,9H,8H2,(H,21,23). The van der Waals surface area contributed by atoms with E-state index in [2.05, 4.69) is 15.3 Å². The number of fused-ring (bicyclic) bond motifs is 3. The van der Waals surface area contributed by atoms with E-state index < -0.39 is 11.7 Å². The van der Waals surface area contributed by atoms with E-state index in [0.29, 0.717) is 10.2 Å². The summed E-state index contributed by atoms with van der Waals surface area (Å²) in [5.41, 5.74) is 0.321. The average Bonchev–Trinajstić information content (AvgIpc) is 2.99. The quantitative estimate of drug-likeness (QED) is 0.614. The smallest absolute Gasteiger partial charge is 0.271 e. The minimum atomic E-state index is -0.535. The van der Waals surface area contributed by atoms with Crippen LogP contribution in [0.1, 0.15) is 0 Å². The molecule has 124 valence electrons. The lowest BCUT2D eigenvalue weighted by Gasteiger charge is -2.07. The summed E-state index contributed by atoms with van der Waals surface area (Å²) in [6.07, 6.45) is 2.98. The molecule has 25 heavy (non-hydrogen) atoms. The van der Waals surface area contributed by atoms with Crippen molar-refractivity contribution in [1.82, 2.24) is 14.5 Å². The average molecular weight is 354 g/mol. The Hall–Kier alpha value is -3.13. The molecule has 0 aliphatic carbocycles. The Morgan fingerprint density at radius 3 is 2.88 bits per heavy atom. The van der Waals surface area contributed by atoms with Crippen LogP contribution < -0.4 is 10.9 Å². The predicted molar refractivity (Wildman–Crippen MR) is 94.2 cm³/mol. The molecule has 0 radical (unpaired) electrons. The first-order valence-electron chi connectivity index (χ1n) is 7.40. The number of nitrogens with one attached hydrogen (secondary N) is 1. The first-order valence-corrected chi connectivity index (χ1v) is 8.22. The number of rotatable bonds is 3. The van der Waals surface area contributed by atoms with Crippen molar-refractivity contribution in [2.75, 3.05) is 5.32 Å². The van der Waals surface area contributed by atoms with Crippen molar-refractivity contribution in [2.24, 2.45) is 0 Å². The summed E-state index contributed by atoms with van der Waals surface area (Å²) in [5.74, 6) is -1.04. The van der Waals surface area contributed by atoms with E-state index in [1.165, 1.54) is 40.4 Å². The van der Waals surface area contributed by atoms with Crippen LogP contribution in [0.2, 0.25) is 0 Å². The lowest BCUT2D eigenvalue weighted by molar-refractivity contribution is -0.116. The SMILES string of the molecule is O=C(Cn1cnc2c(sc3ncccc32)c1=O)Nc1ccccc1F. The highest BCUT2D eigenvalue weighted by atomic mass is 32.1. The van der Waals surface area contributed by atoms with Gasteiger partial charge in [0.2, 0.25) is 5.91 Å². The third-order valence-corrected chi connectivity index (χ3v) is 4.77. The van der Waals surface area contributed by atoms with Gasteiger partial charge in [-0.15, -0.1) is 11.3 Å². The van der Waals surface area contributed by atoms with Crippen LogP contribution >= 0.6 is 11.3 Å². The van der Waals surface area contributed by atoms with Gasteiger partial charge in [-0.05, 0) is 24.3 Å². The summed E-state index contributed by atoms with van der Waals surface area (Å²) < 4.78 is 15.2. The Morgan fingerprint density at radius 2 is 2.04 bits per heavy atom. The molecule has 0 aliphatic rings. The molecule has 0 aliphatic heterocycles. The van der Waals surface area contributed by atoms with Crippen LogP contribution in [0.4, 0.5) is 10.1 Å². The summed E-state index contributed by atoms with van der Waals surface area (Å²) in [6, 6.07) is 9.48. The molecule has 3 heterocycles. The van der Waals surface area contributed by atoms with E-state index in [-0.39, 0.29) is 17.8 Å². The highest BCUT2D eigenvalue weighted by molar-refractivity contribution is 7.25. The first-order chi connectivity index (χ1) is 12.1. The highest BCUT2D eigenvalue weighted by Crippen LogP contribution is 2.27. The number of para-hydroxylation sites is 1. The maximum Gasteiger partial charge on any atom is 0.271 e. The number of carbonyl (C=O) groups is 1. The van der Waals surface area contributed by atoms with Gasteiger partial charge in [-0.1, -0.05) is 12.1 Å². The Morgan fingerprint density at radius 1 is 1.20 bits per heavy atom. The van der Waals surface area contributed by atoms with Crippen LogP contribution in [-0.4, -0.2) is 20.4 Å². The second kappa shape index (κ2) is 6.06. The van der Waals surface area contributed by atoms with Gasteiger partial charge in [0.15, 0.2) is 0 Å². The molecule has 0 bridgehead atoms. The number of anilines is 1. The van der Waals surface area contributed by atoms with Crippen LogP contribution in [0.5, 0.6) is 0 Å². The summed E-state index contributed by atoms with van der Waals surface area (Å²) >= 11 is 1.24. The molecule has 4 aromatic rings. The zero-order chi connectivity index (χ0) is 17.4. The highest BCUT2D eigenvalue weighted by Gasteiger charge is 2.14. The van der Waals surface area contributed by atoms with E-state index in [0.717, 1.165) is 10.2 Å². The second-order valence-electron chi connectivity index (χ2n) is 5.34. The summed E-state index contributed by atoms with van der Waals surface area (Å²) in [6.45, 7) is -0.252. The number of halogens is 1. The molecule has 6 nitrogen and oxygen atoms in total. The normalized spacial score (nSPS) is 11.1. The summed E-state index contributed by atoms with van der Waals surface area (Å²) in [5, 5.41) is 3.26. The Kier molecular flexibility index (Phi) is 3.73. The molecule has 0 fully saturated rings. The van der Waals surface area contributed by atoms with Gasteiger partial charge in [0, 0.05) is 11.6 Å². The van der Waals surface area contributed by atoms with Crippen molar-refractivity contribution in [3.63, 3.8) is 0 Å². The molecule has 3 aromatic heterocycles. The molecule has 4 rings (SSSR count). The van der Waals surface area contributed by atoms with E-state index in [1.807, 2.05) is 6.07 Å². The van der Waals surface area contributed by atoms with Gasteiger partial charge in [-0.2, -0.15) is 0 Å². The van der Waals surface area contributed by atoms with Crippen LogP contribution in [-0.2, 0) is 11.3 Å². The molecule has 0 atom stereocenters. The third kappa shape index (κ3) is 2.76. The largest absolute Gasteiger partial charge is 0.322 e. The number of benzene rings is 1. The molecular weight excluding hydrogens is 343 g/mol. The number of nitrogens with zero attached hydrogens (tertiary/aromatic N) is 3. The third-order valence-electron chi connectivity index (χ3n) is 3.68. The Bertz CT molecular complexity index is 1170. The van der Waals surface area contributed by atoms with Crippen LogP contribution in [0, 0.1) is 5.82 Å². The van der Waals surface area contributed by atoms with Crippen LogP contribution in [0.15, 0.2) is 53.7 Å². The number of hydrogen-bond acceptors (Lipinski definition) is 5. The van der Waals surface area contributed by atoms with Crippen LogP contribution in [0.25, 0.3) is 20.4 Å². The van der Waals surface area contributed by atoms with Gasteiger partial charge >= 0.3 is 0 Å². The molecule has 1 amide bonds. The van der Waals surface area contributed by atoms with E-state index in [4.69, 9.17) is 0 Å². The van der Waals surface area contributed by atoms with E-state index >= 15 is 0 Å². The monoisotopic (exact) mass is 354 g/mol. The minimum absolute atomic E-state index is 0.0700. The minimum Gasteiger partial charge on any atom is -0.322 e. The maximum absolute atomic E-state index is 13.6. The van der Waals surface area contributed by atoms with E-state index in [1.54, 1.807) is 18.3 Å². The second-order valence-corrected chi connectivity index (χ2v) is 6.34. The molecule has 1 aromatic carbocycles. The molecule has 0 unspecified atom stereocenters. The predicted octanol–water partition coefficient (Wildman–Crippen LogP) is 2.78. The van der Waals surface area contributed by atoms with Crippen molar-refractivity contribution >= 4 is 43.4 Å². The molecule has 0 saturated heterocycles. The van der Waals surface area contributed by atoms with Crippen LogP contribution in [0.3, 0.4) is 0 Å². The maximum atomic E-state index is 13.6. The van der Waals surface area contributed by atoms with Crippen molar-refractivity contribution in [1.29, 1.82) is 0 Å². The fourth-order valence-corrected chi connectivity index (χ4v) is 3.57. The van der Waals surface area contributed by atoms with Crippen molar-refractivity contribution in [2.45, 2.75) is 6.54 Å². The summed E-state index contributed by atoms with van der Waals surface area (Å²) in [4.78, 5) is 34.0. The van der Waals surface area contributed by atoms with Gasteiger partial charge in [0.25, 0.3) is 5.56 Å². The Balaban J connectivity index is 1.67. The molecule has 1 N–H and O–H groups in total. The van der Waals surface area contributed by atoms with Gasteiger partial charge in [0.1, 0.15) is 21.9 Å². The van der Waals surface area contributed by atoms with Gasteiger partial charge < -0.3 is 5.32 Å². The molecule has 0 spiro atoms. The fraction of sp³-hybridized carbons (Fsp3) is 0.0588. The van der Waals surface area contributed by atoms with Gasteiger partial charge in [-0.3, -0.25) is 14.2 Å². The van der Waals surface area contributed by atoms with E-state index in [9.17, 15) is 14.0 Å². The topological polar surface area (TPSA) is 76.9 Å². The number of thiophene rings is 1. The zero-order valence-electron chi connectivity index (χ0n) is 12.8. The number of pyridine rings is 1. The Labute approximate surface area is 144 Å². The van der Waals surface area contributed by atoms with Crippen molar-refractivity contribution < 1.29 is 9.18 Å². The number of amides is 1. The number of hydrogen-bond donors (Lipinski definition) is 1. The van der Waals surface area contributed by atoms with Crippen molar-refractivity contribution in [3.8, 4) is 0 Å². The zero-order valence-corrected chi connectivity index (χ0v) is 13.6. The lowest BCUT2D eigenvalue weighted by Crippen LogP contribution is -2.27. The molecular formula is C17H11FN4O2S. The first kappa shape index (κ1) is 15.4. The molecule has 0 saturated carbocycles. The number of carbonyl (C=O) groups excluding carboxylic acids is 1. The van der Waals surface area contributed by atoms with Gasteiger partial charge in [-0.25, -0.2) is 14.4 Å². The summed E-state index contributed by atoms with van der Waals surface area (Å²) in [7, 11) is 0.